The third-order valence-electron chi connectivity index (χ3n) is 2.88. The van der Waals surface area contributed by atoms with E-state index in [2.05, 4.69) is 6.58 Å². The lowest BCUT2D eigenvalue weighted by atomic mass is 9.68. The molecule has 0 bridgehead atoms. The Kier molecular flexibility index (Phi) is 3.17. The maximum absolute atomic E-state index is 11.9. The second-order valence-corrected chi connectivity index (χ2v) is 4.36. The monoisotopic (exact) mass is 211 g/mol. The summed E-state index contributed by atoms with van der Waals surface area (Å²) in [6.45, 7) is 5.95. The number of carbonyl (C=O) groups is 2. The Morgan fingerprint density at radius 2 is 2.00 bits per heavy atom. The number of carbonyl (C=O) groups excluding carboxylic acids is 1. The third kappa shape index (κ3) is 2.03. The molecule has 1 aliphatic carbocycles. The minimum atomic E-state index is -1.15. The van der Waals surface area contributed by atoms with Gasteiger partial charge in [-0.15, -0.1) is 0 Å². The first-order chi connectivity index (χ1) is 6.90. The highest BCUT2D eigenvalue weighted by Gasteiger charge is 2.52. The van der Waals surface area contributed by atoms with E-state index in [0.717, 1.165) is 12.0 Å². The topological polar surface area (TPSA) is 57.6 Å². The van der Waals surface area contributed by atoms with Gasteiger partial charge in [0.15, 0.2) is 0 Å². The lowest BCUT2D eigenvalue weighted by molar-refractivity contribution is -0.166. The Hall–Kier alpha value is -1.32. The van der Waals surface area contributed by atoms with Crippen LogP contribution in [0.1, 0.15) is 26.2 Å². The fourth-order valence-corrected chi connectivity index (χ4v) is 1.89. The molecule has 0 aliphatic heterocycles. The second-order valence-electron chi connectivity index (χ2n) is 4.36. The van der Waals surface area contributed by atoms with Crippen molar-refractivity contribution in [3.8, 4) is 0 Å². The SMILES string of the molecule is C=C(C)CN(C)C(=O)C1(C(=O)O)CCC1. The Balaban J connectivity index is 2.74. The summed E-state index contributed by atoms with van der Waals surface area (Å²) >= 11 is 0. The van der Waals surface area contributed by atoms with Gasteiger partial charge in [0, 0.05) is 13.6 Å². The summed E-state index contributed by atoms with van der Waals surface area (Å²) in [6, 6.07) is 0. The highest BCUT2D eigenvalue weighted by Crippen LogP contribution is 2.42. The van der Waals surface area contributed by atoms with Crippen LogP contribution in [0, 0.1) is 5.41 Å². The summed E-state index contributed by atoms with van der Waals surface area (Å²) in [7, 11) is 1.63. The molecule has 1 saturated carbocycles. The van der Waals surface area contributed by atoms with E-state index in [0.29, 0.717) is 19.4 Å². The minimum Gasteiger partial charge on any atom is -0.480 e. The lowest BCUT2D eigenvalue weighted by Crippen LogP contribution is -2.51. The van der Waals surface area contributed by atoms with Crippen molar-refractivity contribution >= 4 is 11.9 Å². The van der Waals surface area contributed by atoms with Crippen molar-refractivity contribution in [2.24, 2.45) is 5.41 Å². The molecule has 0 heterocycles. The van der Waals surface area contributed by atoms with Crippen LogP contribution in [0.2, 0.25) is 0 Å². The molecule has 0 aromatic heterocycles. The second kappa shape index (κ2) is 4.04. The molecule has 0 saturated heterocycles. The fraction of sp³-hybridized carbons (Fsp3) is 0.636. The van der Waals surface area contributed by atoms with Crippen LogP contribution in [-0.4, -0.2) is 35.5 Å². The van der Waals surface area contributed by atoms with Crippen LogP contribution < -0.4 is 0 Å². The van der Waals surface area contributed by atoms with E-state index < -0.39 is 11.4 Å². The number of nitrogens with zero attached hydrogens (tertiary/aromatic N) is 1. The van der Waals surface area contributed by atoms with Crippen LogP contribution >= 0.6 is 0 Å². The van der Waals surface area contributed by atoms with Gasteiger partial charge in [-0.1, -0.05) is 18.6 Å². The smallest absolute Gasteiger partial charge is 0.319 e. The third-order valence-corrected chi connectivity index (χ3v) is 2.88. The molecule has 0 aromatic carbocycles. The van der Waals surface area contributed by atoms with E-state index in [1.54, 1.807) is 7.05 Å². The summed E-state index contributed by atoms with van der Waals surface area (Å²) < 4.78 is 0. The molecule has 1 aliphatic rings. The number of hydrogen-bond donors (Lipinski definition) is 1. The van der Waals surface area contributed by atoms with Crippen LogP contribution in [0.5, 0.6) is 0 Å². The molecule has 0 atom stereocenters. The van der Waals surface area contributed by atoms with E-state index in [-0.39, 0.29) is 5.91 Å². The molecular weight excluding hydrogens is 194 g/mol. The van der Waals surface area contributed by atoms with Gasteiger partial charge in [-0.2, -0.15) is 0 Å². The maximum Gasteiger partial charge on any atom is 0.319 e. The standard InChI is InChI=1S/C11H17NO3/c1-8(2)7-12(3)9(13)11(10(14)15)5-4-6-11/h1,4-7H2,2-3H3,(H,14,15). The Morgan fingerprint density at radius 1 is 1.47 bits per heavy atom. The molecule has 1 rings (SSSR count). The van der Waals surface area contributed by atoms with Gasteiger partial charge in [0.1, 0.15) is 5.41 Å². The van der Waals surface area contributed by atoms with Crippen molar-refractivity contribution in [3.63, 3.8) is 0 Å². The zero-order chi connectivity index (χ0) is 11.6. The number of rotatable bonds is 4. The predicted octanol–water partition coefficient (Wildman–Crippen LogP) is 1.28. The Labute approximate surface area is 89.6 Å². The van der Waals surface area contributed by atoms with Gasteiger partial charge in [-0.3, -0.25) is 9.59 Å². The Morgan fingerprint density at radius 3 is 2.27 bits per heavy atom. The van der Waals surface area contributed by atoms with Crippen molar-refractivity contribution in [1.29, 1.82) is 0 Å². The van der Waals surface area contributed by atoms with Gasteiger partial charge >= 0.3 is 5.97 Å². The summed E-state index contributed by atoms with van der Waals surface area (Å²) in [4.78, 5) is 24.4. The highest BCUT2D eigenvalue weighted by atomic mass is 16.4. The summed E-state index contributed by atoms with van der Waals surface area (Å²) in [6.07, 6.45) is 1.74. The van der Waals surface area contributed by atoms with Crippen molar-refractivity contribution < 1.29 is 14.7 Å². The summed E-state index contributed by atoms with van der Waals surface area (Å²) in [5, 5.41) is 9.07. The Bertz CT molecular complexity index is 305. The van der Waals surface area contributed by atoms with Gasteiger partial charge < -0.3 is 10.0 Å². The molecule has 15 heavy (non-hydrogen) atoms. The first kappa shape index (κ1) is 11.8. The van der Waals surface area contributed by atoms with Gasteiger partial charge in [-0.25, -0.2) is 0 Å². The van der Waals surface area contributed by atoms with Gasteiger partial charge in [0.25, 0.3) is 0 Å². The maximum atomic E-state index is 11.9. The highest BCUT2D eigenvalue weighted by molar-refractivity contribution is 6.02. The van der Waals surface area contributed by atoms with Crippen molar-refractivity contribution in [2.75, 3.05) is 13.6 Å². The molecule has 84 valence electrons. The average molecular weight is 211 g/mol. The lowest BCUT2D eigenvalue weighted by Gasteiger charge is -2.38. The first-order valence-electron chi connectivity index (χ1n) is 5.03. The zero-order valence-corrected chi connectivity index (χ0v) is 9.25. The van der Waals surface area contributed by atoms with Crippen molar-refractivity contribution in [2.45, 2.75) is 26.2 Å². The first-order valence-corrected chi connectivity index (χ1v) is 5.03. The molecule has 1 amide bonds. The number of aliphatic carboxylic acids is 1. The predicted molar refractivity (Wildman–Crippen MR) is 56.4 cm³/mol. The van der Waals surface area contributed by atoms with Crippen molar-refractivity contribution in [3.05, 3.63) is 12.2 Å². The quantitative estimate of drug-likeness (QED) is 0.563. The normalized spacial score (nSPS) is 17.7. The van der Waals surface area contributed by atoms with E-state index in [1.165, 1.54) is 4.90 Å². The van der Waals surface area contributed by atoms with Crippen LogP contribution in [0.3, 0.4) is 0 Å². The number of carboxylic acids is 1. The number of hydrogen-bond acceptors (Lipinski definition) is 2. The van der Waals surface area contributed by atoms with Crippen LogP contribution in [-0.2, 0) is 9.59 Å². The van der Waals surface area contributed by atoms with E-state index in [4.69, 9.17) is 5.11 Å². The molecule has 1 N–H and O–H groups in total. The fourth-order valence-electron chi connectivity index (χ4n) is 1.89. The summed E-state index contributed by atoms with van der Waals surface area (Å²) in [5.41, 5.74) is -0.296. The average Bonchev–Trinajstić information content (AvgIpc) is 1.99. The van der Waals surface area contributed by atoms with E-state index in [1.807, 2.05) is 6.92 Å². The minimum absolute atomic E-state index is 0.288. The van der Waals surface area contributed by atoms with Crippen LogP contribution in [0.4, 0.5) is 0 Å². The van der Waals surface area contributed by atoms with E-state index in [9.17, 15) is 9.59 Å². The molecule has 0 unspecified atom stereocenters. The molecule has 0 aromatic rings. The van der Waals surface area contributed by atoms with Gasteiger partial charge in [0.2, 0.25) is 5.91 Å². The molecule has 4 nitrogen and oxygen atoms in total. The molecular formula is C11H17NO3. The number of amides is 1. The molecule has 0 radical (unpaired) electrons. The zero-order valence-electron chi connectivity index (χ0n) is 9.25. The largest absolute Gasteiger partial charge is 0.480 e. The number of likely N-dealkylation sites (N-methyl/N-ethyl adjacent to an activating group) is 1. The van der Waals surface area contributed by atoms with Gasteiger partial charge in [0.05, 0.1) is 0 Å². The molecule has 1 fully saturated rings. The number of carboxylic acid groups (broad SMARTS) is 1. The van der Waals surface area contributed by atoms with Crippen LogP contribution in [0.25, 0.3) is 0 Å². The van der Waals surface area contributed by atoms with Crippen LogP contribution in [0.15, 0.2) is 12.2 Å². The molecule has 4 heteroatoms. The van der Waals surface area contributed by atoms with E-state index >= 15 is 0 Å². The molecule has 0 spiro atoms. The summed E-state index contributed by atoms with van der Waals surface area (Å²) in [5.74, 6) is -1.28. The van der Waals surface area contributed by atoms with Crippen molar-refractivity contribution in [1.82, 2.24) is 4.90 Å². The van der Waals surface area contributed by atoms with Gasteiger partial charge in [-0.05, 0) is 19.8 Å².